The second-order valence-electron chi connectivity index (χ2n) is 5.22. The Morgan fingerprint density at radius 2 is 1.74 bits per heavy atom. The van der Waals surface area contributed by atoms with Gasteiger partial charge in [-0.05, 0) is 70.7 Å². The largest absolute Gasteiger partial charge is 0.310 e. The Morgan fingerprint density at radius 1 is 1.00 bits per heavy atom. The molecule has 0 heterocycles. The highest BCUT2D eigenvalue weighted by Gasteiger charge is 2.17. The second kappa shape index (κ2) is 6.06. The van der Waals surface area contributed by atoms with Gasteiger partial charge < -0.3 is 5.32 Å². The number of nitrogens with one attached hydrogen (secondary N) is 1. The lowest BCUT2D eigenvalue weighted by Crippen LogP contribution is -2.34. The minimum Gasteiger partial charge on any atom is -0.310 e. The average molecular weight is 363 g/mol. The standard InChI is InChI=1S/C17H18IN/c18-16-8-5-13(6-9-16)12-19-17-10-7-14-3-1-2-4-15(14)11-17/h1-6,8-9,17,19H,7,10-12H2. The fourth-order valence-electron chi connectivity index (χ4n) is 2.74. The van der Waals surface area contributed by atoms with Crippen molar-refractivity contribution in [3.63, 3.8) is 0 Å². The third-order valence-electron chi connectivity index (χ3n) is 3.85. The molecule has 3 rings (SSSR count). The van der Waals surface area contributed by atoms with Gasteiger partial charge in [0.25, 0.3) is 0 Å². The summed E-state index contributed by atoms with van der Waals surface area (Å²) < 4.78 is 1.30. The minimum absolute atomic E-state index is 0.620. The lowest BCUT2D eigenvalue weighted by Gasteiger charge is -2.25. The molecule has 0 bridgehead atoms. The van der Waals surface area contributed by atoms with Crippen LogP contribution in [0.2, 0.25) is 0 Å². The zero-order valence-electron chi connectivity index (χ0n) is 10.9. The van der Waals surface area contributed by atoms with Crippen LogP contribution < -0.4 is 5.32 Å². The summed E-state index contributed by atoms with van der Waals surface area (Å²) in [7, 11) is 0. The first kappa shape index (κ1) is 13.1. The first-order valence-corrected chi connectivity index (χ1v) is 7.94. The third-order valence-corrected chi connectivity index (χ3v) is 4.57. The van der Waals surface area contributed by atoms with E-state index in [1.807, 2.05) is 0 Å². The van der Waals surface area contributed by atoms with Crippen molar-refractivity contribution in [3.05, 3.63) is 68.8 Å². The summed E-state index contributed by atoms with van der Waals surface area (Å²) >= 11 is 2.35. The molecule has 1 atom stereocenters. The topological polar surface area (TPSA) is 12.0 Å². The predicted molar refractivity (Wildman–Crippen MR) is 88.3 cm³/mol. The molecule has 0 saturated heterocycles. The summed E-state index contributed by atoms with van der Waals surface area (Å²) in [5.74, 6) is 0. The van der Waals surface area contributed by atoms with Crippen LogP contribution in [-0.4, -0.2) is 6.04 Å². The number of halogens is 1. The molecule has 1 N–H and O–H groups in total. The summed E-state index contributed by atoms with van der Waals surface area (Å²) in [6.07, 6.45) is 3.63. The number of aryl methyl sites for hydroxylation is 1. The molecule has 1 nitrogen and oxygen atoms in total. The van der Waals surface area contributed by atoms with Gasteiger partial charge in [-0.25, -0.2) is 0 Å². The Balaban J connectivity index is 1.59. The molecule has 1 aliphatic rings. The Bertz CT molecular complexity index is 547. The number of hydrogen-bond donors (Lipinski definition) is 1. The molecule has 19 heavy (non-hydrogen) atoms. The molecular weight excluding hydrogens is 345 g/mol. The zero-order chi connectivity index (χ0) is 13.1. The molecule has 0 amide bonds. The van der Waals surface area contributed by atoms with Crippen molar-refractivity contribution in [2.24, 2.45) is 0 Å². The molecule has 2 aromatic rings. The molecule has 98 valence electrons. The van der Waals surface area contributed by atoms with E-state index in [0.717, 1.165) is 6.54 Å². The highest BCUT2D eigenvalue weighted by atomic mass is 127. The fraction of sp³-hybridized carbons (Fsp3) is 0.294. The molecule has 0 fully saturated rings. The van der Waals surface area contributed by atoms with Gasteiger partial charge in [0.1, 0.15) is 0 Å². The fourth-order valence-corrected chi connectivity index (χ4v) is 3.10. The molecular formula is C17H18IN. The van der Waals surface area contributed by atoms with E-state index >= 15 is 0 Å². The molecule has 0 aromatic heterocycles. The summed E-state index contributed by atoms with van der Waals surface area (Å²) in [6, 6.07) is 18.2. The number of rotatable bonds is 3. The van der Waals surface area contributed by atoms with Crippen molar-refractivity contribution in [3.8, 4) is 0 Å². The van der Waals surface area contributed by atoms with E-state index in [9.17, 15) is 0 Å². The van der Waals surface area contributed by atoms with Crippen molar-refractivity contribution >= 4 is 22.6 Å². The number of benzene rings is 2. The maximum Gasteiger partial charge on any atom is 0.0208 e. The van der Waals surface area contributed by atoms with Crippen molar-refractivity contribution in [2.45, 2.75) is 31.8 Å². The molecule has 0 spiro atoms. The predicted octanol–water partition coefficient (Wildman–Crippen LogP) is 3.94. The second-order valence-corrected chi connectivity index (χ2v) is 6.46. The quantitative estimate of drug-likeness (QED) is 0.815. The van der Waals surface area contributed by atoms with Gasteiger partial charge in [0, 0.05) is 16.2 Å². The van der Waals surface area contributed by atoms with E-state index in [-0.39, 0.29) is 0 Å². The highest BCUT2D eigenvalue weighted by molar-refractivity contribution is 14.1. The number of hydrogen-bond acceptors (Lipinski definition) is 1. The molecule has 2 aromatic carbocycles. The molecule has 1 aliphatic carbocycles. The van der Waals surface area contributed by atoms with Gasteiger partial charge in [-0.15, -0.1) is 0 Å². The van der Waals surface area contributed by atoms with Crippen molar-refractivity contribution in [2.75, 3.05) is 0 Å². The van der Waals surface area contributed by atoms with Gasteiger partial charge in [0.15, 0.2) is 0 Å². The maximum atomic E-state index is 3.70. The monoisotopic (exact) mass is 363 g/mol. The number of fused-ring (bicyclic) bond motifs is 1. The molecule has 2 heteroatoms. The minimum atomic E-state index is 0.620. The Hall–Kier alpha value is -0.870. The normalized spacial score (nSPS) is 18.1. The van der Waals surface area contributed by atoms with E-state index in [1.165, 1.54) is 39.5 Å². The highest BCUT2D eigenvalue weighted by Crippen LogP contribution is 2.21. The van der Waals surface area contributed by atoms with Crippen LogP contribution in [0.25, 0.3) is 0 Å². The molecule has 0 saturated carbocycles. The van der Waals surface area contributed by atoms with Crippen LogP contribution in [0.1, 0.15) is 23.1 Å². The lowest BCUT2D eigenvalue weighted by atomic mass is 9.88. The van der Waals surface area contributed by atoms with Crippen molar-refractivity contribution < 1.29 is 0 Å². The van der Waals surface area contributed by atoms with Crippen molar-refractivity contribution in [1.82, 2.24) is 5.32 Å². The first-order chi connectivity index (χ1) is 9.31. The van der Waals surface area contributed by atoms with Crippen LogP contribution >= 0.6 is 22.6 Å². The Kier molecular flexibility index (Phi) is 4.18. The van der Waals surface area contributed by atoms with E-state index in [0.29, 0.717) is 6.04 Å². The van der Waals surface area contributed by atoms with E-state index in [2.05, 4.69) is 76.4 Å². The maximum absolute atomic E-state index is 3.70. The molecule has 0 aliphatic heterocycles. The van der Waals surface area contributed by atoms with Crippen LogP contribution in [0.3, 0.4) is 0 Å². The molecule has 1 unspecified atom stereocenters. The summed E-state index contributed by atoms with van der Waals surface area (Å²) in [6.45, 7) is 0.976. The van der Waals surface area contributed by atoms with Crippen LogP contribution in [0.5, 0.6) is 0 Å². The van der Waals surface area contributed by atoms with Gasteiger partial charge in [-0.1, -0.05) is 36.4 Å². The Labute approximate surface area is 128 Å². The van der Waals surface area contributed by atoms with Crippen LogP contribution in [0, 0.1) is 3.57 Å². The van der Waals surface area contributed by atoms with E-state index in [1.54, 1.807) is 0 Å². The summed E-state index contributed by atoms with van der Waals surface area (Å²) in [4.78, 5) is 0. The third kappa shape index (κ3) is 3.37. The van der Waals surface area contributed by atoms with E-state index < -0.39 is 0 Å². The lowest BCUT2D eigenvalue weighted by molar-refractivity contribution is 0.457. The van der Waals surface area contributed by atoms with Gasteiger partial charge >= 0.3 is 0 Å². The van der Waals surface area contributed by atoms with Crippen LogP contribution in [-0.2, 0) is 19.4 Å². The smallest absolute Gasteiger partial charge is 0.0208 e. The van der Waals surface area contributed by atoms with Crippen LogP contribution in [0.4, 0.5) is 0 Å². The zero-order valence-corrected chi connectivity index (χ0v) is 13.1. The summed E-state index contributed by atoms with van der Waals surface area (Å²) in [5, 5.41) is 3.70. The molecule has 0 radical (unpaired) electrons. The van der Waals surface area contributed by atoms with Crippen LogP contribution in [0.15, 0.2) is 48.5 Å². The first-order valence-electron chi connectivity index (χ1n) is 6.86. The Morgan fingerprint density at radius 3 is 2.53 bits per heavy atom. The van der Waals surface area contributed by atoms with Gasteiger partial charge in [0.2, 0.25) is 0 Å². The summed E-state index contributed by atoms with van der Waals surface area (Å²) in [5.41, 5.74) is 4.43. The van der Waals surface area contributed by atoms with Gasteiger partial charge in [-0.2, -0.15) is 0 Å². The van der Waals surface area contributed by atoms with Crippen molar-refractivity contribution in [1.29, 1.82) is 0 Å². The van der Waals surface area contributed by atoms with E-state index in [4.69, 9.17) is 0 Å². The SMILES string of the molecule is Ic1ccc(CNC2CCc3ccccc3C2)cc1. The average Bonchev–Trinajstić information content (AvgIpc) is 2.46. The van der Waals surface area contributed by atoms with Gasteiger partial charge in [-0.3, -0.25) is 0 Å². The van der Waals surface area contributed by atoms with Gasteiger partial charge in [0.05, 0.1) is 0 Å².